The van der Waals surface area contributed by atoms with E-state index in [0.29, 0.717) is 5.69 Å². The molecule has 0 radical (unpaired) electrons. The number of nitrogens with one attached hydrogen (secondary N) is 1. The van der Waals surface area contributed by atoms with Gasteiger partial charge in [0, 0.05) is 14.1 Å². The molecule has 0 amide bonds. The monoisotopic (exact) mass is 238 g/mol. The molecule has 0 aliphatic heterocycles. The van der Waals surface area contributed by atoms with Gasteiger partial charge in [0.05, 0.1) is 16.3 Å². The SMILES string of the molecule is CN(C)Nc1ccc(C(F)(F)F)c(Cl)c1. The Kier molecular flexibility index (Phi) is 3.46. The van der Waals surface area contributed by atoms with Crippen molar-refractivity contribution < 1.29 is 13.2 Å². The zero-order valence-electron chi connectivity index (χ0n) is 8.19. The van der Waals surface area contributed by atoms with Crippen LogP contribution < -0.4 is 5.43 Å². The molecule has 0 saturated heterocycles. The molecule has 0 aliphatic rings. The number of alkyl halides is 3. The number of anilines is 1. The zero-order chi connectivity index (χ0) is 11.6. The average molecular weight is 239 g/mol. The van der Waals surface area contributed by atoms with Gasteiger partial charge in [-0.3, -0.25) is 0 Å². The molecule has 1 N–H and O–H groups in total. The van der Waals surface area contributed by atoms with Crippen molar-refractivity contribution in [2.45, 2.75) is 6.18 Å². The third-order valence-electron chi connectivity index (χ3n) is 1.63. The van der Waals surface area contributed by atoms with E-state index in [1.807, 2.05) is 0 Å². The van der Waals surface area contributed by atoms with Gasteiger partial charge in [-0.05, 0) is 18.2 Å². The van der Waals surface area contributed by atoms with Crippen LogP contribution in [0.5, 0.6) is 0 Å². The van der Waals surface area contributed by atoms with Gasteiger partial charge in [0.1, 0.15) is 0 Å². The summed E-state index contributed by atoms with van der Waals surface area (Å²) in [4.78, 5) is 0. The molecule has 1 aromatic rings. The maximum atomic E-state index is 12.3. The smallest absolute Gasteiger partial charge is 0.319 e. The Bertz CT molecular complexity index is 350. The number of hydrogen-bond donors (Lipinski definition) is 1. The Morgan fingerprint density at radius 3 is 2.27 bits per heavy atom. The first-order chi connectivity index (χ1) is 6.80. The van der Waals surface area contributed by atoms with Gasteiger partial charge >= 0.3 is 6.18 Å². The molecule has 15 heavy (non-hydrogen) atoms. The van der Waals surface area contributed by atoms with Crippen molar-refractivity contribution in [1.29, 1.82) is 0 Å². The van der Waals surface area contributed by atoms with Crippen LogP contribution in [0.25, 0.3) is 0 Å². The molecule has 6 heteroatoms. The summed E-state index contributed by atoms with van der Waals surface area (Å²) >= 11 is 5.52. The van der Waals surface area contributed by atoms with Gasteiger partial charge in [0.2, 0.25) is 0 Å². The van der Waals surface area contributed by atoms with E-state index in [0.717, 1.165) is 6.07 Å². The van der Waals surface area contributed by atoms with E-state index < -0.39 is 11.7 Å². The first kappa shape index (κ1) is 12.1. The van der Waals surface area contributed by atoms with Crippen molar-refractivity contribution >= 4 is 17.3 Å². The summed E-state index contributed by atoms with van der Waals surface area (Å²) in [6, 6.07) is 3.52. The fourth-order valence-corrected chi connectivity index (χ4v) is 1.36. The minimum absolute atomic E-state index is 0.311. The number of hydrogen-bond acceptors (Lipinski definition) is 2. The molecular formula is C9H10ClF3N2. The second kappa shape index (κ2) is 4.28. The molecule has 0 fully saturated rings. The Balaban J connectivity index is 2.99. The first-order valence-corrected chi connectivity index (χ1v) is 4.49. The fourth-order valence-electron chi connectivity index (χ4n) is 1.07. The van der Waals surface area contributed by atoms with E-state index in [2.05, 4.69) is 5.43 Å². The van der Waals surface area contributed by atoms with E-state index in [4.69, 9.17) is 11.6 Å². The van der Waals surface area contributed by atoms with E-state index in [9.17, 15) is 13.2 Å². The van der Waals surface area contributed by atoms with Gasteiger partial charge in [-0.2, -0.15) is 13.2 Å². The summed E-state index contributed by atoms with van der Waals surface area (Å²) in [6.45, 7) is 0. The van der Waals surface area contributed by atoms with Gasteiger partial charge in [0.25, 0.3) is 0 Å². The molecule has 0 bridgehead atoms. The lowest BCUT2D eigenvalue weighted by Gasteiger charge is -2.15. The van der Waals surface area contributed by atoms with E-state index >= 15 is 0 Å². The van der Waals surface area contributed by atoms with Crippen LogP contribution in [0.15, 0.2) is 18.2 Å². The maximum Gasteiger partial charge on any atom is 0.417 e. The van der Waals surface area contributed by atoms with Crippen LogP contribution in [0.2, 0.25) is 5.02 Å². The van der Waals surface area contributed by atoms with Crippen molar-refractivity contribution in [2.24, 2.45) is 0 Å². The number of nitrogens with zero attached hydrogens (tertiary/aromatic N) is 1. The number of rotatable bonds is 2. The Hall–Kier alpha value is -0.940. The van der Waals surface area contributed by atoms with Crippen LogP contribution in [0.3, 0.4) is 0 Å². The van der Waals surface area contributed by atoms with Crippen molar-refractivity contribution in [1.82, 2.24) is 5.01 Å². The molecule has 0 atom stereocenters. The molecule has 1 rings (SSSR count). The topological polar surface area (TPSA) is 15.3 Å². The number of hydrazine groups is 1. The zero-order valence-corrected chi connectivity index (χ0v) is 8.95. The molecule has 0 unspecified atom stereocenters. The molecule has 0 saturated carbocycles. The lowest BCUT2D eigenvalue weighted by Crippen LogP contribution is -2.19. The molecule has 0 aliphatic carbocycles. The minimum Gasteiger partial charge on any atom is -0.319 e. The van der Waals surface area contributed by atoms with Gasteiger partial charge in [-0.15, -0.1) is 0 Å². The highest BCUT2D eigenvalue weighted by Gasteiger charge is 2.32. The molecule has 1 aromatic carbocycles. The van der Waals surface area contributed by atoms with E-state index in [1.54, 1.807) is 19.1 Å². The van der Waals surface area contributed by atoms with Gasteiger partial charge in [-0.1, -0.05) is 11.6 Å². The molecule has 0 aromatic heterocycles. The van der Waals surface area contributed by atoms with Crippen LogP contribution in [0, 0.1) is 0 Å². The van der Waals surface area contributed by atoms with Gasteiger partial charge in [0.15, 0.2) is 0 Å². The van der Waals surface area contributed by atoms with Gasteiger partial charge in [-0.25, -0.2) is 5.01 Å². The van der Waals surface area contributed by atoms with Crippen LogP contribution in [0.1, 0.15) is 5.56 Å². The predicted molar refractivity (Wildman–Crippen MR) is 53.8 cm³/mol. The van der Waals surface area contributed by atoms with E-state index in [-0.39, 0.29) is 5.02 Å². The summed E-state index contributed by atoms with van der Waals surface area (Å²) in [7, 11) is 3.46. The van der Waals surface area contributed by atoms with Crippen molar-refractivity contribution in [3.63, 3.8) is 0 Å². The minimum atomic E-state index is -4.41. The second-order valence-electron chi connectivity index (χ2n) is 3.20. The first-order valence-electron chi connectivity index (χ1n) is 4.11. The predicted octanol–water partition coefficient (Wildman–Crippen LogP) is 3.25. The largest absolute Gasteiger partial charge is 0.417 e. The van der Waals surface area contributed by atoms with Crippen LogP contribution in [-0.4, -0.2) is 19.1 Å². The third-order valence-corrected chi connectivity index (χ3v) is 1.94. The molecule has 0 spiro atoms. The molecule has 2 nitrogen and oxygen atoms in total. The Morgan fingerprint density at radius 2 is 1.87 bits per heavy atom. The number of halogens is 4. The summed E-state index contributed by atoms with van der Waals surface area (Å²) in [5.41, 5.74) is 2.49. The summed E-state index contributed by atoms with van der Waals surface area (Å²) < 4.78 is 37.0. The maximum absolute atomic E-state index is 12.3. The third kappa shape index (κ3) is 3.28. The quantitative estimate of drug-likeness (QED) is 0.796. The molecule has 84 valence electrons. The Labute approximate surface area is 90.6 Å². The van der Waals surface area contributed by atoms with Crippen LogP contribution in [-0.2, 0) is 6.18 Å². The number of benzene rings is 1. The van der Waals surface area contributed by atoms with Crippen molar-refractivity contribution in [3.8, 4) is 0 Å². The van der Waals surface area contributed by atoms with Crippen molar-refractivity contribution in [2.75, 3.05) is 19.5 Å². The standard InChI is InChI=1S/C9H10ClF3N2/c1-15(2)14-6-3-4-7(8(10)5-6)9(11,12)13/h3-5,14H,1-2H3. The average Bonchev–Trinajstić information content (AvgIpc) is 1.99. The summed E-state index contributed by atoms with van der Waals surface area (Å²) in [6.07, 6.45) is -4.41. The van der Waals surface area contributed by atoms with Gasteiger partial charge < -0.3 is 5.43 Å². The highest BCUT2D eigenvalue weighted by molar-refractivity contribution is 6.31. The summed E-state index contributed by atoms with van der Waals surface area (Å²) in [5, 5.41) is 1.30. The van der Waals surface area contributed by atoms with Crippen LogP contribution >= 0.6 is 11.6 Å². The highest BCUT2D eigenvalue weighted by atomic mass is 35.5. The lowest BCUT2D eigenvalue weighted by molar-refractivity contribution is -0.137. The van der Waals surface area contributed by atoms with Crippen molar-refractivity contribution in [3.05, 3.63) is 28.8 Å². The molecule has 0 heterocycles. The molecular weight excluding hydrogens is 229 g/mol. The Morgan fingerprint density at radius 1 is 1.27 bits per heavy atom. The highest BCUT2D eigenvalue weighted by Crippen LogP contribution is 2.35. The lowest BCUT2D eigenvalue weighted by atomic mass is 10.2. The van der Waals surface area contributed by atoms with Crippen LogP contribution in [0.4, 0.5) is 18.9 Å². The summed E-state index contributed by atoms with van der Waals surface area (Å²) in [5.74, 6) is 0. The van der Waals surface area contributed by atoms with E-state index in [1.165, 1.54) is 12.1 Å². The normalized spacial score (nSPS) is 11.9. The second-order valence-corrected chi connectivity index (χ2v) is 3.61. The fraction of sp³-hybridized carbons (Fsp3) is 0.333.